The maximum absolute atomic E-state index is 9.98. The van der Waals surface area contributed by atoms with Gasteiger partial charge in [0.05, 0.1) is 5.69 Å². The molecule has 0 fully saturated rings. The van der Waals surface area contributed by atoms with Crippen molar-refractivity contribution in [2.45, 2.75) is 6.10 Å². The molecule has 0 aliphatic carbocycles. The molecule has 0 spiro atoms. The molecule has 1 N–H and O–H groups in total. The van der Waals surface area contributed by atoms with E-state index in [1.54, 1.807) is 36.5 Å². The van der Waals surface area contributed by atoms with Gasteiger partial charge in [-0.1, -0.05) is 29.8 Å². The molecule has 2 nitrogen and oxygen atoms in total. The number of pyridine rings is 1. The summed E-state index contributed by atoms with van der Waals surface area (Å²) in [6.07, 6.45) is 0.970. The minimum Gasteiger partial charge on any atom is -0.382 e. The van der Waals surface area contributed by atoms with Crippen LogP contribution in [-0.4, -0.2) is 39.6 Å². The predicted octanol–water partition coefficient (Wildman–Crippen LogP) is 2.44. The van der Waals surface area contributed by atoms with Gasteiger partial charge in [0.15, 0.2) is 0 Å². The first-order valence-electron chi connectivity index (χ1n) is 4.62. The predicted molar refractivity (Wildman–Crippen MR) is 65.5 cm³/mol. The van der Waals surface area contributed by atoms with Crippen LogP contribution in [0.2, 0.25) is 5.02 Å². The van der Waals surface area contributed by atoms with Crippen LogP contribution in [-0.2, 0) is 0 Å². The molecule has 0 amide bonds. The van der Waals surface area contributed by atoms with Crippen molar-refractivity contribution in [2.75, 3.05) is 0 Å². The third-order valence-electron chi connectivity index (χ3n) is 2.15. The van der Waals surface area contributed by atoms with Crippen LogP contribution in [0.15, 0.2) is 48.7 Å². The summed E-state index contributed by atoms with van der Waals surface area (Å²) < 4.78 is 0. The second-order valence-electron chi connectivity index (χ2n) is 3.21. The monoisotopic (exact) mass is 242 g/mol. The van der Waals surface area contributed by atoms with Crippen LogP contribution >= 0.6 is 11.6 Å². The van der Waals surface area contributed by atoms with E-state index in [4.69, 9.17) is 11.6 Å². The second kappa shape index (κ2) is 6.38. The van der Waals surface area contributed by atoms with E-state index in [-0.39, 0.29) is 29.6 Å². The van der Waals surface area contributed by atoms with E-state index < -0.39 is 6.10 Å². The Kier molecular flexibility index (Phi) is 5.46. The molecule has 0 bridgehead atoms. The summed E-state index contributed by atoms with van der Waals surface area (Å²) in [5.74, 6) is 0. The molecule has 1 aromatic heterocycles. The molecule has 1 radical (unpaired) electrons. The fraction of sp³-hybridized carbons (Fsp3) is 0.0833. The summed E-state index contributed by atoms with van der Waals surface area (Å²) in [6.45, 7) is 0. The molecule has 0 aliphatic heterocycles. The Bertz CT molecular complexity index is 433. The van der Waals surface area contributed by atoms with E-state index in [1.165, 1.54) is 0 Å². The minimum absolute atomic E-state index is 0. The van der Waals surface area contributed by atoms with Gasteiger partial charge in [-0.2, -0.15) is 0 Å². The first kappa shape index (κ1) is 13.7. The summed E-state index contributed by atoms with van der Waals surface area (Å²) in [6, 6.07) is 12.5. The van der Waals surface area contributed by atoms with Crippen LogP contribution in [0.4, 0.5) is 0 Å². The number of rotatable bonds is 2. The SMILES string of the molecule is O[C@@H](c1ccc(Cl)cc1)c1ccccn1.[Na]. The smallest absolute Gasteiger partial charge is 0.121 e. The standard InChI is InChI=1S/C12H10ClNO.Na/c13-10-6-4-9(5-7-10)12(15)11-3-1-2-8-14-11;/h1-8,12,15H;/t12-;/m0./s1. The zero-order valence-electron chi connectivity index (χ0n) is 8.97. The summed E-state index contributed by atoms with van der Waals surface area (Å²) in [4.78, 5) is 4.09. The van der Waals surface area contributed by atoms with Crippen LogP contribution in [0.1, 0.15) is 17.4 Å². The van der Waals surface area contributed by atoms with Gasteiger partial charge in [0.1, 0.15) is 6.10 Å². The number of benzene rings is 1. The van der Waals surface area contributed by atoms with Crippen molar-refractivity contribution in [2.24, 2.45) is 0 Å². The zero-order chi connectivity index (χ0) is 10.7. The van der Waals surface area contributed by atoms with Gasteiger partial charge in [-0.3, -0.25) is 4.98 Å². The van der Waals surface area contributed by atoms with E-state index in [9.17, 15) is 5.11 Å². The Labute approximate surface area is 122 Å². The van der Waals surface area contributed by atoms with Gasteiger partial charge in [0.25, 0.3) is 0 Å². The molecule has 16 heavy (non-hydrogen) atoms. The molecule has 0 aliphatic rings. The van der Waals surface area contributed by atoms with E-state index >= 15 is 0 Å². The topological polar surface area (TPSA) is 33.1 Å². The molecule has 4 heteroatoms. The fourth-order valence-corrected chi connectivity index (χ4v) is 1.48. The molecular formula is C12H10ClNNaO. The number of aliphatic hydroxyl groups excluding tert-OH is 1. The third-order valence-corrected chi connectivity index (χ3v) is 2.41. The molecule has 0 unspecified atom stereocenters. The molecule has 1 atom stereocenters. The molecule has 0 saturated carbocycles. The van der Waals surface area contributed by atoms with Crippen LogP contribution in [0, 0.1) is 0 Å². The van der Waals surface area contributed by atoms with Gasteiger partial charge in [-0.15, -0.1) is 0 Å². The largest absolute Gasteiger partial charge is 0.382 e. The van der Waals surface area contributed by atoms with Gasteiger partial charge in [0, 0.05) is 40.8 Å². The van der Waals surface area contributed by atoms with Crippen molar-refractivity contribution >= 4 is 41.2 Å². The molecule has 1 heterocycles. The number of aromatic nitrogens is 1. The maximum atomic E-state index is 9.98. The maximum Gasteiger partial charge on any atom is 0.121 e. The summed E-state index contributed by atoms with van der Waals surface area (Å²) >= 11 is 5.77. The normalized spacial score (nSPS) is 11.6. The Morgan fingerprint density at radius 2 is 1.75 bits per heavy atom. The van der Waals surface area contributed by atoms with Crippen LogP contribution in [0.25, 0.3) is 0 Å². The van der Waals surface area contributed by atoms with Gasteiger partial charge >= 0.3 is 0 Å². The number of halogens is 1. The van der Waals surface area contributed by atoms with Crippen molar-refractivity contribution in [3.05, 3.63) is 64.9 Å². The van der Waals surface area contributed by atoms with Gasteiger partial charge < -0.3 is 5.11 Å². The Hall–Kier alpha value is -0.380. The zero-order valence-corrected chi connectivity index (χ0v) is 11.7. The summed E-state index contributed by atoms with van der Waals surface area (Å²) in [5, 5.41) is 10.6. The van der Waals surface area contributed by atoms with E-state index in [0.29, 0.717) is 10.7 Å². The molecular weight excluding hydrogens is 233 g/mol. The van der Waals surface area contributed by atoms with E-state index in [0.717, 1.165) is 5.56 Å². The molecule has 2 rings (SSSR count). The first-order valence-corrected chi connectivity index (χ1v) is 4.99. The average molecular weight is 243 g/mol. The van der Waals surface area contributed by atoms with Crippen molar-refractivity contribution in [3.63, 3.8) is 0 Å². The molecule has 0 saturated heterocycles. The Morgan fingerprint density at radius 3 is 2.31 bits per heavy atom. The van der Waals surface area contributed by atoms with Gasteiger partial charge in [-0.05, 0) is 29.8 Å². The Balaban J connectivity index is 0.00000128. The third kappa shape index (κ3) is 3.30. The summed E-state index contributed by atoms with van der Waals surface area (Å²) in [7, 11) is 0. The quantitative estimate of drug-likeness (QED) is 0.821. The minimum atomic E-state index is -0.691. The van der Waals surface area contributed by atoms with Crippen LogP contribution < -0.4 is 0 Å². The van der Waals surface area contributed by atoms with Crippen LogP contribution in [0.5, 0.6) is 0 Å². The Morgan fingerprint density at radius 1 is 1.06 bits per heavy atom. The molecule has 1 aromatic carbocycles. The van der Waals surface area contributed by atoms with Crippen molar-refractivity contribution < 1.29 is 5.11 Å². The van der Waals surface area contributed by atoms with Crippen molar-refractivity contribution in [1.82, 2.24) is 4.98 Å². The number of hydrogen-bond acceptors (Lipinski definition) is 2. The molecule has 77 valence electrons. The summed E-state index contributed by atoms with van der Waals surface area (Å²) in [5.41, 5.74) is 1.43. The number of nitrogens with zero attached hydrogens (tertiary/aromatic N) is 1. The van der Waals surface area contributed by atoms with E-state index in [2.05, 4.69) is 4.98 Å². The van der Waals surface area contributed by atoms with Crippen molar-refractivity contribution in [1.29, 1.82) is 0 Å². The first-order chi connectivity index (χ1) is 7.27. The fourth-order valence-electron chi connectivity index (χ4n) is 1.35. The van der Waals surface area contributed by atoms with Crippen LogP contribution in [0.3, 0.4) is 0 Å². The van der Waals surface area contributed by atoms with Crippen molar-refractivity contribution in [3.8, 4) is 0 Å². The van der Waals surface area contributed by atoms with Gasteiger partial charge in [0.2, 0.25) is 0 Å². The molecule has 2 aromatic rings. The number of hydrogen-bond donors (Lipinski definition) is 1. The number of aliphatic hydroxyl groups is 1. The average Bonchev–Trinajstić information content (AvgIpc) is 2.30. The van der Waals surface area contributed by atoms with E-state index in [1.807, 2.05) is 12.1 Å². The van der Waals surface area contributed by atoms with Gasteiger partial charge in [-0.25, -0.2) is 0 Å². The second-order valence-corrected chi connectivity index (χ2v) is 3.65.